The van der Waals surface area contributed by atoms with Crippen LogP contribution in [0.25, 0.3) is 28.1 Å². The average Bonchev–Trinajstić information content (AvgIpc) is 3.25. The van der Waals surface area contributed by atoms with Crippen LogP contribution in [0.5, 0.6) is 0 Å². The standard InChI is InChI=1S/C26H23FN2O2/c1-2-22(17-6-4-3-5-7-17)26(19-10-12-24-21(14-19)16-28-29-24)20-9-8-18(23(27)15-20)11-13-25(30)31/h3-16,25,30-31H,2H2,1H3,(H,28,29)/b13-11+,26-22-. The van der Waals surface area contributed by atoms with Crippen molar-refractivity contribution in [2.24, 2.45) is 0 Å². The molecule has 1 heterocycles. The van der Waals surface area contributed by atoms with E-state index in [1.54, 1.807) is 12.3 Å². The third-order valence-corrected chi connectivity index (χ3v) is 5.24. The third-order valence-electron chi connectivity index (χ3n) is 5.24. The van der Waals surface area contributed by atoms with E-state index in [1.165, 1.54) is 12.1 Å². The molecule has 0 unspecified atom stereocenters. The molecule has 0 saturated heterocycles. The second kappa shape index (κ2) is 9.08. The molecule has 31 heavy (non-hydrogen) atoms. The van der Waals surface area contributed by atoms with E-state index in [0.717, 1.165) is 51.2 Å². The van der Waals surface area contributed by atoms with E-state index in [2.05, 4.69) is 35.3 Å². The Kier molecular flexibility index (Phi) is 6.07. The van der Waals surface area contributed by atoms with Crippen molar-refractivity contribution in [2.75, 3.05) is 0 Å². The number of nitrogens with zero attached hydrogens (tertiary/aromatic N) is 1. The molecule has 5 heteroatoms. The first kappa shape index (κ1) is 20.7. The highest BCUT2D eigenvalue weighted by molar-refractivity contribution is 6.00. The fraction of sp³-hybridized carbons (Fsp3) is 0.115. The quantitative estimate of drug-likeness (QED) is 0.292. The summed E-state index contributed by atoms with van der Waals surface area (Å²) < 4.78 is 14.9. The summed E-state index contributed by atoms with van der Waals surface area (Å²) in [5.74, 6) is -0.431. The van der Waals surface area contributed by atoms with Gasteiger partial charge in [0, 0.05) is 10.9 Å². The molecule has 0 radical (unpaired) electrons. The van der Waals surface area contributed by atoms with Crippen LogP contribution in [0.2, 0.25) is 0 Å². The SMILES string of the molecule is CC/C(=C(/c1ccc(/C=C/C(O)O)c(F)c1)c1ccc2[nH]ncc2c1)c1ccccc1. The van der Waals surface area contributed by atoms with Gasteiger partial charge < -0.3 is 10.2 Å². The normalized spacial score (nSPS) is 12.7. The lowest BCUT2D eigenvalue weighted by Crippen LogP contribution is -1.98. The van der Waals surface area contributed by atoms with Gasteiger partial charge in [-0.1, -0.05) is 61.5 Å². The molecule has 0 spiro atoms. The van der Waals surface area contributed by atoms with Gasteiger partial charge in [-0.15, -0.1) is 0 Å². The monoisotopic (exact) mass is 414 g/mol. The molecule has 0 aliphatic carbocycles. The van der Waals surface area contributed by atoms with Gasteiger partial charge in [-0.3, -0.25) is 5.10 Å². The molecule has 156 valence electrons. The van der Waals surface area contributed by atoms with E-state index in [4.69, 9.17) is 10.2 Å². The maximum atomic E-state index is 14.9. The number of H-pyrrole nitrogens is 1. The second-order valence-corrected chi connectivity index (χ2v) is 7.25. The lowest BCUT2D eigenvalue weighted by atomic mass is 9.87. The van der Waals surface area contributed by atoms with E-state index in [9.17, 15) is 4.39 Å². The molecule has 0 aliphatic rings. The highest BCUT2D eigenvalue weighted by Gasteiger charge is 2.15. The second-order valence-electron chi connectivity index (χ2n) is 7.25. The Balaban J connectivity index is 1.92. The average molecular weight is 414 g/mol. The van der Waals surface area contributed by atoms with Gasteiger partial charge >= 0.3 is 0 Å². The van der Waals surface area contributed by atoms with Crippen molar-refractivity contribution in [1.29, 1.82) is 0 Å². The van der Waals surface area contributed by atoms with Gasteiger partial charge in [0.25, 0.3) is 0 Å². The van der Waals surface area contributed by atoms with Crippen LogP contribution in [0.4, 0.5) is 4.39 Å². The molecule has 0 bridgehead atoms. The minimum Gasteiger partial charge on any atom is -0.365 e. The molecule has 3 N–H and O–H groups in total. The molecule has 0 fully saturated rings. The summed E-state index contributed by atoms with van der Waals surface area (Å²) in [5, 5.41) is 26.1. The Morgan fingerprint density at radius 1 is 1.00 bits per heavy atom. The highest BCUT2D eigenvalue weighted by atomic mass is 19.1. The van der Waals surface area contributed by atoms with Crippen LogP contribution in [0.1, 0.15) is 35.6 Å². The molecule has 1 aromatic heterocycles. The molecule has 0 atom stereocenters. The molecule has 4 rings (SSSR count). The molecule has 0 saturated carbocycles. The number of benzene rings is 3. The fourth-order valence-electron chi connectivity index (χ4n) is 3.79. The molecule has 3 aromatic carbocycles. The van der Waals surface area contributed by atoms with Gasteiger partial charge in [-0.05, 0) is 58.5 Å². The lowest BCUT2D eigenvalue weighted by Gasteiger charge is -2.17. The summed E-state index contributed by atoms with van der Waals surface area (Å²) in [6.07, 6.45) is 3.41. The Labute approximate surface area is 180 Å². The summed E-state index contributed by atoms with van der Waals surface area (Å²) >= 11 is 0. The van der Waals surface area contributed by atoms with Crippen molar-refractivity contribution in [2.45, 2.75) is 19.6 Å². The number of halogens is 1. The van der Waals surface area contributed by atoms with E-state index >= 15 is 0 Å². The zero-order chi connectivity index (χ0) is 21.8. The maximum absolute atomic E-state index is 14.9. The van der Waals surface area contributed by atoms with Crippen molar-refractivity contribution >= 4 is 28.1 Å². The Morgan fingerprint density at radius 2 is 1.74 bits per heavy atom. The van der Waals surface area contributed by atoms with E-state index in [-0.39, 0.29) is 0 Å². The number of nitrogens with one attached hydrogen (secondary N) is 1. The Hall–Kier alpha value is -3.54. The van der Waals surface area contributed by atoms with Crippen molar-refractivity contribution in [3.8, 4) is 0 Å². The van der Waals surface area contributed by atoms with Crippen LogP contribution in [-0.4, -0.2) is 26.7 Å². The number of aliphatic hydroxyl groups excluding tert-OH is 1. The first-order valence-electron chi connectivity index (χ1n) is 10.1. The topological polar surface area (TPSA) is 69.1 Å². The number of hydrogen-bond donors (Lipinski definition) is 3. The fourth-order valence-corrected chi connectivity index (χ4v) is 3.79. The van der Waals surface area contributed by atoms with Gasteiger partial charge in [0.15, 0.2) is 6.29 Å². The van der Waals surface area contributed by atoms with E-state index in [0.29, 0.717) is 5.56 Å². The molecular weight excluding hydrogens is 391 g/mol. The van der Waals surface area contributed by atoms with E-state index in [1.807, 2.05) is 36.4 Å². The highest BCUT2D eigenvalue weighted by Crippen LogP contribution is 2.36. The number of hydrogen-bond acceptors (Lipinski definition) is 3. The zero-order valence-corrected chi connectivity index (χ0v) is 17.1. The van der Waals surface area contributed by atoms with Gasteiger partial charge in [0.1, 0.15) is 5.82 Å². The van der Waals surface area contributed by atoms with Crippen molar-refractivity contribution in [1.82, 2.24) is 10.2 Å². The van der Waals surface area contributed by atoms with Crippen LogP contribution in [0.3, 0.4) is 0 Å². The van der Waals surface area contributed by atoms with Crippen molar-refractivity contribution in [3.05, 3.63) is 107 Å². The molecule has 0 aliphatic heterocycles. The number of aliphatic hydroxyl groups is 2. The Bertz CT molecular complexity index is 1260. The predicted molar refractivity (Wildman–Crippen MR) is 122 cm³/mol. The smallest absolute Gasteiger partial charge is 0.171 e. The van der Waals surface area contributed by atoms with Crippen LogP contribution in [0.15, 0.2) is 79.0 Å². The van der Waals surface area contributed by atoms with Crippen LogP contribution in [0, 0.1) is 5.82 Å². The summed E-state index contributed by atoms with van der Waals surface area (Å²) in [4.78, 5) is 0. The van der Waals surface area contributed by atoms with Gasteiger partial charge in [0.2, 0.25) is 0 Å². The summed E-state index contributed by atoms with van der Waals surface area (Å²) in [6, 6.07) is 21.2. The number of aromatic nitrogens is 2. The van der Waals surface area contributed by atoms with Gasteiger partial charge in [-0.2, -0.15) is 5.10 Å². The lowest BCUT2D eigenvalue weighted by molar-refractivity contribution is 0.00303. The predicted octanol–water partition coefficient (Wildman–Crippen LogP) is 5.40. The Morgan fingerprint density at radius 3 is 2.45 bits per heavy atom. The van der Waals surface area contributed by atoms with E-state index < -0.39 is 12.1 Å². The molecule has 0 amide bonds. The van der Waals surface area contributed by atoms with Crippen LogP contribution < -0.4 is 0 Å². The zero-order valence-electron chi connectivity index (χ0n) is 17.1. The van der Waals surface area contributed by atoms with Crippen LogP contribution >= 0.6 is 0 Å². The summed E-state index contributed by atoms with van der Waals surface area (Å²) in [5.41, 5.74) is 6.10. The van der Waals surface area contributed by atoms with Gasteiger partial charge in [-0.25, -0.2) is 4.39 Å². The minimum atomic E-state index is -1.62. The number of fused-ring (bicyclic) bond motifs is 1. The van der Waals surface area contributed by atoms with Crippen molar-refractivity contribution in [3.63, 3.8) is 0 Å². The third kappa shape index (κ3) is 4.48. The largest absolute Gasteiger partial charge is 0.365 e. The van der Waals surface area contributed by atoms with Crippen LogP contribution in [-0.2, 0) is 0 Å². The number of allylic oxidation sites excluding steroid dienone is 1. The minimum absolute atomic E-state index is 0.291. The molecule has 4 nitrogen and oxygen atoms in total. The maximum Gasteiger partial charge on any atom is 0.171 e. The first-order valence-corrected chi connectivity index (χ1v) is 10.1. The first-order chi connectivity index (χ1) is 15.1. The summed E-state index contributed by atoms with van der Waals surface area (Å²) in [6.45, 7) is 2.09. The van der Waals surface area contributed by atoms with Crippen molar-refractivity contribution < 1.29 is 14.6 Å². The molecular formula is C26H23FN2O2. The molecule has 4 aromatic rings. The summed E-state index contributed by atoms with van der Waals surface area (Å²) in [7, 11) is 0. The number of rotatable bonds is 6. The number of aromatic amines is 1. The van der Waals surface area contributed by atoms with Gasteiger partial charge in [0.05, 0.1) is 11.7 Å².